The second kappa shape index (κ2) is 9.08. The molecule has 1 amide bonds. The van der Waals surface area contributed by atoms with Crippen LogP contribution in [-0.2, 0) is 16.1 Å². The van der Waals surface area contributed by atoms with Crippen LogP contribution in [0.15, 0.2) is 40.8 Å². The van der Waals surface area contributed by atoms with Crippen molar-refractivity contribution in [3.8, 4) is 0 Å². The normalized spacial score (nSPS) is 18.2. The van der Waals surface area contributed by atoms with Crippen LogP contribution in [-0.4, -0.2) is 36.3 Å². The molecule has 130 valence electrons. The first-order valence-electron chi connectivity index (χ1n) is 7.48. The summed E-state index contributed by atoms with van der Waals surface area (Å²) in [5, 5.41) is 5.07. The van der Waals surface area contributed by atoms with E-state index in [1.54, 1.807) is 22.8 Å². The maximum Gasteiger partial charge on any atom is 0.249 e. The van der Waals surface area contributed by atoms with Gasteiger partial charge in [0.25, 0.3) is 0 Å². The number of morpholine rings is 1. The number of rotatable bonds is 4. The van der Waals surface area contributed by atoms with Crippen molar-refractivity contribution in [2.45, 2.75) is 19.0 Å². The Balaban J connectivity index is 0.00000208. The number of halogens is 2. The fraction of sp³-hybridized carbons (Fsp3) is 0.375. The van der Waals surface area contributed by atoms with Crippen LogP contribution in [0.3, 0.4) is 0 Å². The number of hydrogen-bond acceptors (Lipinski definition) is 4. The molecule has 1 aromatic heterocycles. The Labute approximate surface area is 149 Å². The van der Waals surface area contributed by atoms with Crippen LogP contribution in [0.5, 0.6) is 0 Å². The van der Waals surface area contributed by atoms with Crippen LogP contribution in [0.4, 0.5) is 4.39 Å². The number of amides is 1. The average molecular weight is 372 g/mol. The third kappa shape index (κ3) is 4.98. The Kier molecular flexibility index (Phi) is 7.11. The summed E-state index contributed by atoms with van der Waals surface area (Å²) in [4.78, 5) is 16.8. The van der Waals surface area contributed by atoms with Crippen LogP contribution >= 0.6 is 23.7 Å². The van der Waals surface area contributed by atoms with E-state index in [2.05, 4.69) is 10.3 Å². The summed E-state index contributed by atoms with van der Waals surface area (Å²) in [6.07, 6.45) is 2.11. The lowest BCUT2D eigenvalue weighted by atomic mass is 10.2. The van der Waals surface area contributed by atoms with Crippen LogP contribution in [0.25, 0.3) is 0 Å². The van der Waals surface area contributed by atoms with Crippen molar-refractivity contribution < 1.29 is 13.9 Å². The number of benzene rings is 1. The number of carbonyl (C=O) groups excluding carboxylic acids is 1. The molecule has 8 heteroatoms. The van der Waals surface area contributed by atoms with Crippen molar-refractivity contribution in [2.24, 2.45) is 4.99 Å². The van der Waals surface area contributed by atoms with E-state index in [0.29, 0.717) is 36.5 Å². The number of nitrogens with zero attached hydrogens (tertiary/aromatic N) is 2. The quantitative estimate of drug-likeness (QED) is 0.894. The van der Waals surface area contributed by atoms with Crippen molar-refractivity contribution >= 4 is 29.7 Å². The van der Waals surface area contributed by atoms with Gasteiger partial charge < -0.3 is 14.6 Å². The maximum absolute atomic E-state index is 13.8. The zero-order chi connectivity index (χ0) is 16.1. The summed E-state index contributed by atoms with van der Waals surface area (Å²) >= 11 is 1.37. The standard InChI is InChI=1S/C16H18FN3O2S.ClH/c17-14-4-2-1-3-12(14)10-20-6-8-23-16(20)19-15(21)9-13-11-22-7-5-18-13;/h1-4,6,8,13,18H,5,7,9-11H2;1H. The van der Waals surface area contributed by atoms with Crippen molar-refractivity contribution in [1.29, 1.82) is 0 Å². The SMILES string of the molecule is Cl.O=C(CC1COCCN1)N=c1sccn1Cc1ccccc1F. The molecule has 2 aromatic rings. The second-order valence-corrected chi connectivity index (χ2v) is 6.21. The highest BCUT2D eigenvalue weighted by Gasteiger charge is 2.16. The van der Waals surface area contributed by atoms with Crippen molar-refractivity contribution in [3.05, 3.63) is 52.0 Å². The minimum atomic E-state index is -0.257. The Hall–Kier alpha value is -1.54. The summed E-state index contributed by atoms with van der Waals surface area (Å²) in [5.74, 6) is -0.454. The van der Waals surface area contributed by atoms with E-state index in [0.717, 1.165) is 6.54 Å². The molecule has 1 aliphatic heterocycles. The van der Waals surface area contributed by atoms with Crippen LogP contribution in [0.2, 0.25) is 0 Å². The monoisotopic (exact) mass is 371 g/mol. The van der Waals surface area contributed by atoms with Gasteiger partial charge in [0.05, 0.1) is 19.8 Å². The molecule has 24 heavy (non-hydrogen) atoms. The van der Waals surface area contributed by atoms with Gasteiger partial charge in [0.1, 0.15) is 5.82 Å². The molecule has 0 aliphatic carbocycles. The largest absolute Gasteiger partial charge is 0.378 e. The van der Waals surface area contributed by atoms with Crippen molar-refractivity contribution in [3.63, 3.8) is 0 Å². The first kappa shape index (κ1) is 18.8. The number of carbonyl (C=O) groups is 1. The van der Waals surface area contributed by atoms with Gasteiger partial charge in [-0.2, -0.15) is 4.99 Å². The number of ether oxygens (including phenoxy) is 1. The summed E-state index contributed by atoms with van der Waals surface area (Å²) < 4.78 is 20.9. The lowest BCUT2D eigenvalue weighted by molar-refractivity contribution is -0.119. The smallest absolute Gasteiger partial charge is 0.249 e. The zero-order valence-corrected chi connectivity index (χ0v) is 14.6. The number of thiazole rings is 1. The number of nitrogens with one attached hydrogen (secondary N) is 1. The van der Waals surface area contributed by atoms with Crippen molar-refractivity contribution in [2.75, 3.05) is 19.8 Å². The lowest BCUT2D eigenvalue weighted by Crippen LogP contribution is -2.42. The maximum atomic E-state index is 13.8. The summed E-state index contributed by atoms with van der Waals surface area (Å²) in [7, 11) is 0. The molecule has 1 N–H and O–H groups in total. The average Bonchev–Trinajstić information content (AvgIpc) is 2.97. The summed E-state index contributed by atoms with van der Waals surface area (Å²) in [6.45, 7) is 2.31. The van der Waals surface area contributed by atoms with E-state index < -0.39 is 0 Å². The molecule has 0 saturated carbocycles. The fourth-order valence-corrected chi connectivity index (χ4v) is 3.18. The van der Waals surface area contributed by atoms with E-state index >= 15 is 0 Å². The van der Waals surface area contributed by atoms with E-state index in [1.165, 1.54) is 17.4 Å². The highest BCUT2D eigenvalue weighted by Crippen LogP contribution is 2.08. The fourth-order valence-electron chi connectivity index (χ4n) is 2.43. The minimum absolute atomic E-state index is 0. The van der Waals surface area contributed by atoms with Gasteiger partial charge >= 0.3 is 0 Å². The predicted octanol–water partition coefficient (Wildman–Crippen LogP) is 1.96. The molecule has 0 radical (unpaired) electrons. The molecule has 2 heterocycles. The molecule has 1 atom stereocenters. The second-order valence-electron chi connectivity index (χ2n) is 5.34. The first-order valence-corrected chi connectivity index (χ1v) is 8.36. The molecular weight excluding hydrogens is 353 g/mol. The van der Waals surface area contributed by atoms with Crippen LogP contribution in [0, 0.1) is 5.82 Å². The van der Waals surface area contributed by atoms with E-state index in [-0.39, 0.29) is 30.2 Å². The Bertz CT molecular complexity index is 741. The molecule has 1 unspecified atom stereocenters. The van der Waals surface area contributed by atoms with Gasteiger partial charge in [-0.15, -0.1) is 23.7 Å². The van der Waals surface area contributed by atoms with Gasteiger partial charge in [-0.05, 0) is 6.07 Å². The number of hydrogen-bond donors (Lipinski definition) is 1. The lowest BCUT2D eigenvalue weighted by Gasteiger charge is -2.22. The summed E-state index contributed by atoms with van der Waals surface area (Å²) in [5.41, 5.74) is 0.571. The van der Waals surface area contributed by atoms with Crippen LogP contribution < -0.4 is 10.1 Å². The third-order valence-corrected chi connectivity index (χ3v) is 4.39. The van der Waals surface area contributed by atoms with E-state index in [9.17, 15) is 9.18 Å². The van der Waals surface area contributed by atoms with Gasteiger partial charge in [-0.3, -0.25) is 4.79 Å². The molecule has 5 nitrogen and oxygen atoms in total. The first-order chi connectivity index (χ1) is 11.2. The van der Waals surface area contributed by atoms with Gasteiger partial charge in [0.2, 0.25) is 5.91 Å². The predicted molar refractivity (Wildman–Crippen MR) is 92.9 cm³/mol. The minimum Gasteiger partial charge on any atom is -0.378 e. The molecule has 0 spiro atoms. The molecule has 1 saturated heterocycles. The van der Waals surface area contributed by atoms with E-state index in [4.69, 9.17) is 4.74 Å². The van der Waals surface area contributed by atoms with Gasteiger partial charge in [0.15, 0.2) is 4.80 Å². The van der Waals surface area contributed by atoms with Gasteiger partial charge in [0, 0.05) is 36.1 Å². The van der Waals surface area contributed by atoms with Crippen LogP contribution in [0.1, 0.15) is 12.0 Å². The molecule has 1 aliphatic rings. The molecular formula is C16H19ClFN3O2S. The molecule has 1 fully saturated rings. The van der Waals surface area contributed by atoms with Gasteiger partial charge in [-0.1, -0.05) is 18.2 Å². The highest BCUT2D eigenvalue weighted by atomic mass is 35.5. The summed E-state index contributed by atoms with van der Waals surface area (Å²) in [6, 6.07) is 6.63. The molecule has 3 rings (SSSR count). The zero-order valence-electron chi connectivity index (χ0n) is 13.0. The van der Waals surface area contributed by atoms with Gasteiger partial charge in [-0.25, -0.2) is 4.39 Å². The van der Waals surface area contributed by atoms with E-state index in [1.807, 2.05) is 11.6 Å². The Morgan fingerprint density at radius 3 is 3.04 bits per heavy atom. The Morgan fingerprint density at radius 2 is 2.29 bits per heavy atom. The van der Waals surface area contributed by atoms with Crippen molar-refractivity contribution in [1.82, 2.24) is 9.88 Å². The Morgan fingerprint density at radius 1 is 1.46 bits per heavy atom. The molecule has 1 aromatic carbocycles. The topological polar surface area (TPSA) is 55.6 Å². The highest BCUT2D eigenvalue weighted by molar-refractivity contribution is 7.07. The molecule has 0 bridgehead atoms. The number of aromatic nitrogens is 1. The third-order valence-electron chi connectivity index (χ3n) is 3.60.